The van der Waals surface area contributed by atoms with E-state index in [0.29, 0.717) is 5.92 Å². The smallest absolute Gasteiger partial charge is 0.315 e. The van der Waals surface area contributed by atoms with Gasteiger partial charge in [-0.3, -0.25) is 4.79 Å². The van der Waals surface area contributed by atoms with E-state index < -0.39 is 12.1 Å². The second-order valence-electron chi connectivity index (χ2n) is 5.81. The fourth-order valence-electron chi connectivity index (χ4n) is 2.74. The molecule has 3 N–H and O–H groups in total. The first kappa shape index (κ1) is 16.8. The first-order valence-electron chi connectivity index (χ1n) is 7.21. The fraction of sp³-hybridized carbons (Fsp3) is 0.857. The van der Waals surface area contributed by atoms with Crippen molar-refractivity contribution in [3.63, 3.8) is 0 Å². The van der Waals surface area contributed by atoms with Gasteiger partial charge in [0.1, 0.15) is 0 Å². The zero-order valence-electron chi connectivity index (χ0n) is 12.5. The highest BCUT2D eigenvalue weighted by Gasteiger charge is 2.26. The van der Waals surface area contributed by atoms with Gasteiger partial charge in [0.25, 0.3) is 0 Å². The third-order valence-electron chi connectivity index (χ3n) is 3.97. The molecule has 0 aromatic heterocycles. The number of hydrogen-bond donors (Lipinski definition) is 3. The molecule has 0 bridgehead atoms. The average Bonchev–Trinajstić information content (AvgIpc) is 2.37. The Bertz CT molecular complexity index is 335. The van der Waals surface area contributed by atoms with Crippen molar-refractivity contribution in [2.24, 2.45) is 11.8 Å². The average molecular weight is 286 g/mol. The normalized spacial score (nSPS) is 27.6. The molecule has 20 heavy (non-hydrogen) atoms. The van der Waals surface area contributed by atoms with Crippen molar-refractivity contribution in [2.75, 3.05) is 13.7 Å². The van der Waals surface area contributed by atoms with Crippen LogP contribution in [0.25, 0.3) is 0 Å². The lowest BCUT2D eigenvalue weighted by Crippen LogP contribution is -2.48. The van der Waals surface area contributed by atoms with Crippen molar-refractivity contribution < 1.29 is 19.4 Å². The van der Waals surface area contributed by atoms with Crippen LogP contribution < -0.4 is 10.6 Å². The Hall–Kier alpha value is -1.30. The van der Waals surface area contributed by atoms with E-state index in [9.17, 15) is 9.59 Å². The number of methoxy groups -OCH3 is 1. The zero-order valence-corrected chi connectivity index (χ0v) is 12.5. The quantitative estimate of drug-likeness (QED) is 0.692. The summed E-state index contributed by atoms with van der Waals surface area (Å²) in [5.41, 5.74) is 0. The zero-order chi connectivity index (χ0) is 15.1. The minimum Gasteiger partial charge on any atom is -0.481 e. The molecular weight excluding hydrogens is 260 g/mol. The minimum atomic E-state index is -0.936. The van der Waals surface area contributed by atoms with E-state index in [1.54, 1.807) is 0 Å². The fourth-order valence-corrected chi connectivity index (χ4v) is 2.74. The van der Waals surface area contributed by atoms with Gasteiger partial charge in [0.2, 0.25) is 0 Å². The van der Waals surface area contributed by atoms with Crippen molar-refractivity contribution in [1.82, 2.24) is 10.6 Å². The van der Waals surface area contributed by atoms with Gasteiger partial charge in [-0.1, -0.05) is 13.8 Å². The van der Waals surface area contributed by atoms with Crippen molar-refractivity contribution in [1.29, 1.82) is 0 Å². The van der Waals surface area contributed by atoms with Crippen LogP contribution in [-0.2, 0) is 9.53 Å². The number of amides is 2. The topological polar surface area (TPSA) is 87.7 Å². The molecule has 1 aliphatic rings. The number of carbonyl (C=O) groups excluding carboxylic acids is 1. The van der Waals surface area contributed by atoms with Gasteiger partial charge in [0.05, 0.1) is 12.5 Å². The Morgan fingerprint density at radius 1 is 1.35 bits per heavy atom. The maximum absolute atomic E-state index is 11.8. The number of ether oxygens (including phenoxy) is 1. The number of urea groups is 1. The molecule has 116 valence electrons. The number of aliphatic carboxylic acids is 1. The highest BCUT2D eigenvalue weighted by atomic mass is 16.5. The molecule has 0 aromatic rings. The van der Waals surface area contributed by atoms with Gasteiger partial charge >= 0.3 is 12.0 Å². The number of nitrogens with one attached hydrogen (secondary N) is 2. The summed E-state index contributed by atoms with van der Waals surface area (Å²) < 4.78 is 5.01. The summed E-state index contributed by atoms with van der Waals surface area (Å²) in [6, 6.07) is -0.0458. The van der Waals surface area contributed by atoms with Gasteiger partial charge < -0.3 is 20.5 Å². The first-order chi connectivity index (χ1) is 9.42. The molecule has 1 rings (SSSR count). The number of carbonyl (C=O) groups is 2. The summed E-state index contributed by atoms with van der Waals surface area (Å²) in [5, 5.41) is 14.3. The molecule has 0 aromatic carbocycles. The third kappa shape index (κ3) is 5.77. The molecule has 6 nitrogen and oxygen atoms in total. The van der Waals surface area contributed by atoms with Crippen molar-refractivity contribution in [3.8, 4) is 0 Å². The lowest BCUT2D eigenvalue weighted by molar-refractivity contribution is -0.139. The molecule has 0 spiro atoms. The molecule has 1 fully saturated rings. The number of rotatable bonds is 6. The molecular formula is C14H26N2O4. The van der Waals surface area contributed by atoms with E-state index in [-0.39, 0.29) is 25.0 Å². The Balaban J connectivity index is 2.30. The lowest BCUT2D eigenvalue weighted by Gasteiger charge is -2.33. The van der Waals surface area contributed by atoms with Crippen molar-refractivity contribution >= 4 is 12.0 Å². The molecule has 1 saturated carbocycles. The molecule has 0 radical (unpaired) electrons. The molecule has 4 unspecified atom stereocenters. The summed E-state index contributed by atoms with van der Waals surface area (Å²) >= 11 is 0. The predicted molar refractivity (Wildman–Crippen MR) is 75.6 cm³/mol. The van der Waals surface area contributed by atoms with Crippen LogP contribution in [0.15, 0.2) is 0 Å². The van der Waals surface area contributed by atoms with Gasteiger partial charge in [-0.25, -0.2) is 4.79 Å². The molecule has 0 saturated heterocycles. The van der Waals surface area contributed by atoms with E-state index in [1.165, 1.54) is 7.11 Å². The van der Waals surface area contributed by atoms with Gasteiger partial charge in [-0.05, 0) is 31.1 Å². The lowest BCUT2D eigenvalue weighted by atomic mass is 9.80. The van der Waals surface area contributed by atoms with E-state index in [0.717, 1.165) is 25.2 Å². The second kappa shape index (κ2) is 8.09. The van der Waals surface area contributed by atoms with Crippen LogP contribution in [0.4, 0.5) is 4.79 Å². The molecule has 6 heteroatoms. The van der Waals surface area contributed by atoms with Gasteiger partial charge in [-0.15, -0.1) is 0 Å². The van der Waals surface area contributed by atoms with E-state index >= 15 is 0 Å². The summed E-state index contributed by atoms with van der Waals surface area (Å²) in [5.74, 6) is 0.259. The number of hydrogen-bond acceptors (Lipinski definition) is 3. The van der Waals surface area contributed by atoms with Crippen molar-refractivity contribution in [2.45, 2.75) is 51.7 Å². The summed E-state index contributed by atoms with van der Waals surface area (Å²) in [7, 11) is 1.44. The Morgan fingerprint density at radius 2 is 2.05 bits per heavy atom. The minimum absolute atomic E-state index is 0.117. The van der Waals surface area contributed by atoms with Crippen LogP contribution in [0.1, 0.15) is 39.5 Å². The van der Waals surface area contributed by atoms with E-state index in [2.05, 4.69) is 24.5 Å². The van der Waals surface area contributed by atoms with Crippen molar-refractivity contribution in [3.05, 3.63) is 0 Å². The van der Waals surface area contributed by atoms with Crippen LogP contribution in [-0.4, -0.2) is 42.9 Å². The molecule has 0 heterocycles. The third-order valence-corrected chi connectivity index (χ3v) is 3.97. The van der Waals surface area contributed by atoms with Crippen LogP contribution >= 0.6 is 0 Å². The second-order valence-corrected chi connectivity index (χ2v) is 5.81. The number of carboxylic acids is 1. The molecule has 4 atom stereocenters. The summed E-state index contributed by atoms with van der Waals surface area (Å²) in [6.07, 6.45) is 2.65. The Labute approximate surface area is 120 Å². The monoisotopic (exact) mass is 286 g/mol. The Morgan fingerprint density at radius 3 is 2.60 bits per heavy atom. The standard InChI is InChI=1S/C14H26N2O4/c1-9-4-5-12(10(2)6-9)16-14(19)15-8-11(20-3)7-13(17)18/h9-12H,4-8H2,1-3H3,(H,17,18)(H2,15,16,19). The van der Waals surface area contributed by atoms with Crippen LogP contribution in [0.2, 0.25) is 0 Å². The van der Waals surface area contributed by atoms with E-state index in [4.69, 9.17) is 9.84 Å². The highest BCUT2D eigenvalue weighted by Crippen LogP contribution is 2.28. The molecule has 2 amide bonds. The maximum Gasteiger partial charge on any atom is 0.315 e. The molecule has 1 aliphatic carbocycles. The number of carboxylic acid groups (broad SMARTS) is 1. The SMILES string of the molecule is COC(CNC(=O)NC1CCC(C)CC1C)CC(=O)O. The maximum atomic E-state index is 11.8. The molecule has 0 aliphatic heterocycles. The van der Waals surface area contributed by atoms with Crippen LogP contribution in [0.5, 0.6) is 0 Å². The van der Waals surface area contributed by atoms with Crippen LogP contribution in [0, 0.1) is 11.8 Å². The highest BCUT2D eigenvalue weighted by molar-refractivity contribution is 5.74. The van der Waals surface area contributed by atoms with Crippen LogP contribution in [0.3, 0.4) is 0 Å². The van der Waals surface area contributed by atoms with Gasteiger partial charge in [0.15, 0.2) is 0 Å². The van der Waals surface area contributed by atoms with Gasteiger partial charge in [-0.2, -0.15) is 0 Å². The predicted octanol–water partition coefficient (Wildman–Crippen LogP) is 1.60. The summed E-state index contributed by atoms with van der Waals surface area (Å²) in [4.78, 5) is 22.4. The Kier molecular flexibility index (Phi) is 6.78. The van der Waals surface area contributed by atoms with Gasteiger partial charge in [0, 0.05) is 19.7 Å². The van der Waals surface area contributed by atoms with E-state index in [1.807, 2.05) is 0 Å². The first-order valence-corrected chi connectivity index (χ1v) is 7.21. The summed E-state index contributed by atoms with van der Waals surface area (Å²) in [6.45, 7) is 4.59. The largest absolute Gasteiger partial charge is 0.481 e.